The molecule has 0 aliphatic heterocycles. The topological polar surface area (TPSA) is 39.1 Å². The maximum absolute atomic E-state index is 9.07. The predicted molar refractivity (Wildman–Crippen MR) is 58.0 cm³/mol. The summed E-state index contributed by atoms with van der Waals surface area (Å²) in [6, 6.07) is 3.09. The quantitative estimate of drug-likeness (QED) is 0.695. The second-order valence-corrected chi connectivity index (χ2v) is 4.40. The van der Waals surface area contributed by atoms with Gasteiger partial charge in [-0.3, -0.25) is 4.90 Å². The summed E-state index contributed by atoms with van der Waals surface area (Å²) in [7, 11) is 1.86. The molecule has 0 bridgehead atoms. The van der Waals surface area contributed by atoms with Crippen LogP contribution in [0.1, 0.15) is 33.1 Å². The van der Waals surface area contributed by atoms with Crippen LogP contribution in [0, 0.1) is 11.3 Å². The van der Waals surface area contributed by atoms with E-state index in [1.54, 1.807) is 0 Å². The maximum Gasteiger partial charge on any atom is 0.116 e. The molecule has 1 unspecified atom stereocenters. The Kier molecular flexibility index (Phi) is 3.91. The Morgan fingerprint density at radius 2 is 2.21 bits per heavy atom. The Hall–Kier alpha value is -0.590. The first-order valence-electron chi connectivity index (χ1n) is 5.49. The van der Waals surface area contributed by atoms with Gasteiger partial charge in [0, 0.05) is 12.6 Å². The number of likely N-dealkylation sites (N-methyl/N-ethyl adjacent to an activating group) is 1. The minimum atomic E-state index is -0.391. The van der Waals surface area contributed by atoms with Crippen LogP contribution in [0.3, 0.4) is 0 Å². The van der Waals surface area contributed by atoms with Gasteiger partial charge in [-0.1, -0.05) is 6.92 Å². The van der Waals surface area contributed by atoms with E-state index in [1.165, 1.54) is 19.3 Å². The van der Waals surface area contributed by atoms with Gasteiger partial charge >= 0.3 is 0 Å². The maximum atomic E-state index is 9.07. The molecule has 0 amide bonds. The Morgan fingerprint density at radius 1 is 1.57 bits per heavy atom. The van der Waals surface area contributed by atoms with Crippen molar-refractivity contribution < 1.29 is 0 Å². The van der Waals surface area contributed by atoms with Crippen molar-refractivity contribution in [3.8, 4) is 6.07 Å². The fraction of sp³-hybridized carbons (Fsp3) is 0.909. The minimum Gasteiger partial charge on any atom is -0.302 e. The van der Waals surface area contributed by atoms with Crippen LogP contribution < -0.4 is 5.32 Å². The van der Waals surface area contributed by atoms with Gasteiger partial charge < -0.3 is 5.32 Å². The van der Waals surface area contributed by atoms with Crippen molar-refractivity contribution in [3.05, 3.63) is 0 Å². The molecule has 1 saturated carbocycles. The summed E-state index contributed by atoms with van der Waals surface area (Å²) >= 11 is 0. The first-order valence-corrected chi connectivity index (χ1v) is 5.49. The van der Waals surface area contributed by atoms with Crippen molar-refractivity contribution in [1.82, 2.24) is 10.2 Å². The van der Waals surface area contributed by atoms with Gasteiger partial charge in [-0.15, -0.1) is 0 Å². The average molecular weight is 195 g/mol. The molecule has 1 fully saturated rings. The lowest BCUT2D eigenvalue weighted by atomic mass is 10.0. The molecule has 0 aromatic heterocycles. The molecule has 3 nitrogen and oxygen atoms in total. The lowest BCUT2D eigenvalue weighted by Crippen LogP contribution is -2.49. The van der Waals surface area contributed by atoms with Crippen LogP contribution in [0.4, 0.5) is 0 Å². The SMILES string of the molecule is CCCN(CC(C)(C#N)NC)C1CC1. The van der Waals surface area contributed by atoms with Gasteiger partial charge in [-0.05, 0) is 39.8 Å². The molecule has 1 aliphatic carbocycles. The van der Waals surface area contributed by atoms with E-state index < -0.39 is 5.54 Å². The molecule has 0 saturated heterocycles. The van der Waals surface area contributed by atoms with Gasteiger partial charge in [0.25, 0.3) is 0 Å². The van der Waals surface area contributed by atoms with Gasteiger partial charge in [0.15, 0.2) is 0 Å². The second kappa shape index (κ2) is 4.77. The molecule has 0 spiro atoms. The summed E-state index contributed by atoms with van der Waals surface area (Å²) in [6.45, 7) is 6.12. The van der Waals surface area contributed by atoms with E-state index in [-0.39, 0.29) is 0 Å². The summed E-state index contributed by atoms with van der Waals surface area (Å²) in [4.78, 5) is 2.44. The Balaban J connectivity index is 2.49. The monoisotopic (exact) mass is 195 g/mol. The zero-order valence-electron chi connectivity index (χ0n) is 9.51. The molecule has 3 heteroatoms. The molecule has 1 atom stereocenters. The fourth-order valence-electron chi connectivity index (χ4n) is 1.69. The largest absolute Gasteiger partial charge is 0.302 e. The number of nitriles is 1. The smallest absolute Gasteiger partial charge is 0.116 e. The van der Waals surface area contributed by atoms with Crippen molar-refractivity contribution in [3.63, 3.8) is 0 Å². The molecule has 1 aliphatic rings. The summed E-state index contributed by atoms with van der Waals surface area (Å²) in [5, 5.41) is 12.2. The molecule has 1 rings (SSSR count). The van der Waals surface area contributed by atoms with E-state index in [2.05, 4.69) is 23.2 Å². The summed E-state index contributed by atoms with van der Waals surface area (Å²) in [5.74, 6) is 0. The molecule has 0 heterocycles. The van der Waals surface area contributed by atoms with Gasteiger partial charge in [-0.2, -0.15) is 5.26 Å². The van der Waals surface area contributed by atoms with Crippen LogP contribution in [-0.4, -0.2) is 36.6 Å². The van der Waals surface area contributed by atoms with Crippen LogP contribution in [0.5, 0.6) is 0 Å². The molecule has 14 heavy (non-hydrogen) atoms. The predicted octanol–water partition coefficient (Wildman–Crippen LogP) is 1.36. The van der Waals surface area contributed by atoms with Crippen molar-refractivity contribution in [2.75, 3.05) is 20.1 Å². The van der Waals surface area contributed by atoms with Crippen molar-refractivity contribution in [2.24, 2.45) is 0 Å². The van der Waals surface area contributed by atoms with Gasteiger partial charge in [0.2, 0.25) is 0 Å². The number of nitrogens with zero attached hydrogens (tertiary/aromatic N) is 2. The molecule has 0 radical (unpaired) electrons. The highest BCUT2D eigenvalue weighted by Crippen LogP contribution is 2.28. The van der Waals surface area contributed by atoms with Crippen molar-refractivity contribution >= 4 is 0 Å². The number of nitrogens with one attached hydrogen (secondary N) is 1. The number of hydrogen-bond donors (Lipinski definition) is 1. The summed E-state index contributed by atoms with van der Waals surface area (Å²) < 4.78 is 0. The Bertz CT molecular complexity index is 217. The van der Waals surface area contributed by atoms with E-state index in [4.69, 9.17) is 5.26 Å². The first kappa shape index (κ1) is 11.5. The lowest BCUT2D eigenvalue weighted by molar-refractivity contribution is 0.216. The Morgan fingerprint density at radius 3 is 2.57 bits per heavy atom. The van der Waals surface area contributed by atoms with Crippen LogP contribution in [0.15, 0.2) is 0 Å². The van der Waals surface area contributed by atoms with E-state index in [1.807, 2.05) is 14.0 Å². The zero-order chi connectivity index (χ0) is 10.6. The standard InChI is InChI=1S/C11H21N3/c1-4-7-14(10-5-6-10)9-11(2,8-12)13-3/h10,13H,4-7,9H2,1-3H3. The molecular weight excluding hydrogens is 174 g/mol. The zero-order valence-corrected chi connectivity index (χ0v) is 9.51. The molecule has 0 aromatic rings. The molecular formula is C11H21N3. The van der Waals surface area contributed by atoms with E-state index in [0.717, 1.165) is 19.1 Å². The van der Waals surface area contributed by atoms with Crippen LogP contribution in [0.25, 0.3) is 0 Å². The van der Waals surface area contributed by atoms with Gasteiger partial charge in [-0.25, -0.2) is 0 Å². The third-order valence-corrected chi connectivity index (χ3v) is 2.89. The first-order chi connectivity index (χ1) is 6.65. The lowest BCUT2D eigenvalue weighted by Gasteiger charge is -2.30. The van der Waals surface area contributed by atoms with E-state index >= 15 is 0 Å². The average Bonchev–Trinajstić information content (AvgIpc) is 3.00. The summed E-state index contributed by atoms with van der Waals surface area (Å²) in [5.41, 5.74) is -0.391. The van der Waals surface area contributed by atoms with Crippen molar-refractivity contribution in [1.29, 1.82) is 5.26 Å². The fourth-order valence-corrected chi connectivity index (χ4v) is 1.69. The molecule has 80 valence electrons. The third kappa shape index (κ3) is 2.97. The molecule has 0 aromatic carbocycles. The van der Waals surface area contributed by atoms with Crippen LogP contribution >= 0.6 is 0 Å². The second-order valence-electron chi connectivity index (χ2n) is 4.40. The van der Waals surface area contributed by atoms with Gasteiger partial charge in [0.05, 0.1) is 6.07 Å². The van der Waals surface area contributed by atoms with E-state index in [0.29, 0.717) is 0 Å². The minimum absolute atomic E-state index is 0.391. The van der Waals surface area contributed by atoms with Crippen molar-refractivity contribution in [2.45, 2.75) is 44.7 Å². The van der Waals surface area contributed by atoms with Gasteiger partial charge in [0.1, 0.15) is 5.54 Å². The number of hydrogen-bond acceptors (Lipinski definition) is 3. The van der Waals surface area contributed by atoms with E-state index in [9.17, 15) is 0 Å². The normalized spacial score (nSPS) is 20.5. The highest BCUT2D eigenvalue weighted by molar-refractivity contribution is 5.06. The number of rotatable bonds is 6. The summed E-state index contributed by atoms with van der Waals surface area (Å²) in [6.07, 6.45) is 3.79. The molecule has 1 N–H and O–H groups in total. The Labute approximate surface area is 87.1 Å². The highest BCUT2D eigenvalue weighted by Gasteiger charge is 2.33. The third-order valence-electron chi connectivity index (χ3n) is 2.89. The van der Waals surface area contributed by atoms with Crippen LogP contribution in [-0.2, 0) is 0 Å². The highest BCUT2D eigenvalue weighted by atomic mass is 15.2. The van der Waals surface area contributed by atoms with Crippen LogP contribution in [0.2, 0.25) is 0 Å².